The molecule has 5 heteroatoms. The van der Waals surface area contributed by atoms with E-state index >= 15 is 0 Å². The molecule has 0 amide bonds. The van der Waals surface area contributed by atoms with Crippen molar-refractivity contribution in [3.05, 3.63) is 182 Å². The Bertz CT molecular complexity index is 3480. The van der Waals surface area contributed by atoms with Crippen LogP contribution in [0.4, 0.5) is 0 Å². The van der Waals surface area contributed by atoms with Crippen molar-refractivity contribution in [1.82, 2.24) is 19.1 Å². The van der Waals surface area contributed by atoms with Gasteiger partial charge >= 0.3 is 0 Å². The van der Waals surface area contributed by atoms with Crippen molar-refractivity contribution in [3.63, 3.8) is 0 Å². The molecule has 0 unspecified atom stereocenters. The molecule has 0 aliphatic carbocycles. The lowest BCUT2D eigenvalue weighted by Gasteiger charge is -2.12. The monoisotopic (exact) mass is 702 g/mol. The Balaban J connectivity index is 1.18. The Labute approximate surface area is 315 Å². The average Bonchev–Trinajstić information content (AvgIpc) is 3.90. The zero-order valence-corrected chi connectivity index (χ0v) is 29.5. The second-order valence-electron chi connectivity index (χ2n) is 14.2. The molecule has 0 N–H and O–H groups in total. The van der Waals surface area contributed by atoms with Crippen LogP contribution in [0, 0.1) is 0 Å². The molecule has 8 aromatic carbocycles. The van der Waals surface area contributed by atoms with E-state index in [-0.39, 0.29) is 0 Å². The highest BCUT2D eigenvalue weighted by atomic mass is 16.3. The largest absolute Gasteiger partial charge is 0.456 e. The molecule has 0 fully saturated rings. The lowest BCUT2D eigenvalue weighted by atomic mass is 10.0. The van der Waals surface area contributed by atoms with Gasteiger partial charge in [-0.3, -0.25) is 0 Å². The van der Waals surface area contributed by atoms with Gasteiger partial charge < -0.3 is 13.6 Å². The normalized spacial score (nSPS) is 12.0. The fourth-order valence-electron chi connectivity index (χ4n) is 8.72. The topological polar surface area (TPSA) is 48.8 Å². The first-order valence-corrected chi connectivity index (χ1v) is 18.6. The zero-order valence-electron chi connectivity index (χ0n) is 29.5. The first-order chi connectivity index (χ1) is 27.3. The minimum absolute atomic E-state index is 0.688. The molecular weight excluding hydrogens is 673 g/mol. The Kier molecular flexibility index (Phi) is 6.27. The number of fused-ring (bicyclic) bond motifs is 11. The van der Waals surface area contributed by atoms with E-state index in [1.807, 2.05) is 24.3 Å². The van der Waals surface area contributed by atoms with Gasteiger partial charge in [0, 0.05) is 66.3 Å². The van der Waals surface area contributed by atoms with Crippen LogP contribution < -0.4 is 0 Å². The highest BCUT2D eigenvalue weighted by Gasteiger charge is 2.23. The number of aromatic nitrogens is 4. The number of hydrogen-bond donors (Lipinski definition) is 0. The van der Waals surface area contributed by atoms with Gasteiger partial charge in [0.05, 0.1) is 33.3 Å². The summed E-state index contributed by atoms with van der Waals surface area (Å²) < 4.78 is 11.3. The molecule has 4 heterocycles. The molecule has 5 nitrogen and oxygen atoms in total. The van der Waals surface area contributed by atoms with Crippen LogP contribution in [-0.4, -0.2) is 19.1 Å². The standard InChI is InChI=1S/C50H30N4O/c1-3-14-31(15-4-1)49-36-21-7-10-23-40(36)51-50(52-49)32-16-13-19-34(28-32)54-43-27-26-42-47(37-22-8-11-24-41(37)53(42)33-17-5-2-6-18-33)48(43)39-29-38-35-20-9-12-25-45(35)55-46(38)30-44(39)54/h1-30H. The number of nitrogens with zero attached hydrogens (tertiary/aromatic N) is 4. The SMILES string of the molecule is c1ccc(-c2nc(-c3cccc(-n4c5cc6oc7ccccc7c6cc5c5c6c7ccccc7n(-c7ccccc7)c6ccc54)c3)nc3ccccc23)cc1. The molecule has 0 atom stereocenters. The number of benzene rings is 8. The molecule has 0 saturated carbocycles. The smallest absolute Gasteiger partial charge is 0.160 e. The molecule has 12 rings (SSSR count). The van der Waals surface area contributed by atoms with E-state index in [4.69, 9.17) is 14.4 Å². The van der Waals surface area contributed by atoms with Gasteiger partial charge in [-0.05, 0) is 60.7 Å². The average molecular weight is 703 g/mol. The van der Waals surface area contributed by atoms with Crippen molar-refractivity contribution in [3.8, 4) is 34.0 Å². The first kappa shape index (κ1) is 30.0. The van der Waals surface area contributed by atoms with Gasteiger partial charge in [-0.25, -0.2) is 9.97 Å². The molecule has 4 aromatic heterocycles. The van der Waals surface area contributed by atoms with Crippen LogP contribution in [0.25, 0.3) is 110 Å². The molecule has 12 aromatic rings. The second kappa shape index (κ2) is 11.5. The van der Waals surface area contributed by atoms with Gasteiger partial charge in [-0.1, -0.05) is 115 Å². The predicted octanol–water partition coefficient (Wildman–Crippen LogP) is 13.1. The maximum atomic E-state index is 6.52. The summed E-state index contributed by atoms with van der Waals surface area (Å²) >= 11 is 0. The number of rotatable bonds is 4. The maximum Gasteiger partial charge on any atom is 0.160 e. The Hall–Kier alpha value is -7.50. The summed E-state index contributed by atoms with van der Waals surface area (Å²) in [5.41, 5.74) is 12.3. The van der Waals surface area contributed by atoms with Crippen LogP contribution in [0.15, 0.2) is 186 Å². The van der Waals surface area contributed by atoms with Gasteiger partial charge in [0.2, 0.25) is 0 Å². The third-order valence-corrected chi connectivity index (χ3v) is 11.1. The molecule has 0 saturated heterocycles. The Morgan fingerprint density at radius 2 is 1.00 bits per heavy atom. The van der Waals surface area contributed by atoms with Crippen molar-refractivity contribution in [2.45, 2.75) is 0 Å². The van der Waals surface area contributed by atoms with Crippen molar-refractivity contribution in [2.75, 3.05) is 0 Å². The van der Waals surface area contributed by atoms with E-state index < -0.39 is 0 Å². The minimum atomic E-state index is 0.688. The van der Waals surface area contributed by atoms with Crippen LogP contribution >= 0.6 is 0 Å². The molecule has 0 spiro atoms. The number of furan rings is 1. The van der Waals surface area contributed by atoms with E-state index in [0.29, 0.717) is 5.82 Å². The van der Waals surface area contributed by atoms with Crippen LogP contribution in [0.2, 0.25) is 0 Å². The second-order valence-corrected chi connectivity index (χ2v) is 14.2. The van der Waals surface area contributed by atoms with Crippen molar-refractivity contribution in [2.24, 2.45) is 0 Å². The first-order valence-electron chi connectivity index (χ1n) is 18.6. The van der Waals surface area contributed by atoms with Gasteiger partial charge in [0.25, 0.3) is 0 Å². The summed E-state index contributed by atoms with van der Waals surface area (Å²) in [4.78, 5) is 10.3. The van der Waals surface area contributed by atoms with Crippen LogP contribution in [0.1, 0.15) is 0 Å². The van der Waals surface area contributed by atoms with E-state index in [1.165, 1.54) is 32.6 Å². The maximum absolute atomic E-state index is 6.52. The van der Waals surface area contributed by atoms with E-state index in [2.05, 4.69) is 167 Å². The van der Waals surface area contributed by atoms with Crippen LogP contribution in [0.3, 0.4) is 0 Å². The molecule has 55 heavy (non-hydrogen) atoms. The molecule has 0 radical (unpaired) electrons. The zero-order chi connectivity index (χ0) is 36.0. The summed E-state index contributed by atoms with van der Waals surface area (Å²) in [6.45, 7) is 0. The van der Waals surface area contributed by atoms with E-state index in [9.17, 15) is 0 Å². The van der Waals surface area contributed by atoms with Gasteiger partial charge in [-0.2, -0.15) is 0 Å². The summed E-state index contributed by atoms with van der Waals surface area (Å²) in [5, 5.41) is 8.09. The number of para-hydroxylation sites is 4. The molecule has 0 bridgehead atoms. The summed E-state index contributed by atoms with van der Waals surface area (Å²) in [7, 11) is 0. The van der Waals surface area contributed by atoms with E-state index in [1.54, 1.807) is 0 Å². The Morgan fingerprint density at radius 3 is 1.84 bits per heavy atom. The van der Waals surface area contributed by atoms with Crippen molar-refractivity contribution >= 4 is 76.5 Å². The highest BCUT2D eigenvalue weighted by molar-refractivity contribution is 6.30. The van der Waals surface area contributed by atoms with Gasteiger partial charge in [0.15, 0.2) is 5.82 Å². The molecule has 0 aliphatic heterocycles. The number of hydrogen-bond acceptors (Lipinski definition) is 3. The molecular formula is C50H30N4O. The fourth-order valence-corrected chi connectivity index (χ4v) is 8.72. The van der Waals surface area contributed by atoms with Crippen molar-refractivity contribution in [1.29, 1.82) is 0 Å². The molecule has 256 valence electrons. The van der Waals surface area contributed by atoms with Crippen LogP contribution in [-0.2, 0) is 0 Å². The predicted molar refractivity (Wildman–Crippen MR) is 226 cm³/mol. The van der Waals surface area contributed by atoms with E-state index in [0.717, 1.165) is 72.1 Å². The third kappa shape index (κ3) is 4.41. The van der Waals surface area contributed by atoms with Gasteiger partial charge in [0.1, 0.15) is 11.2 Å². The quantitative estimate of drug-likeness (QED) is 0.183. The summed E-state index contributed by atoms with van der Waals surface area (Å²) in [6, 6.07) is 64.1. The van der Waals surface area contributed by atoms with Crippen LogP contribution in [0.5, 0.6) is 0 Å². The van der Waals surface area contributed by atoms with Gasteiger partial charge in [-0.15, -0.1) is 0 Å². The van der Waals surface area contributed by atoms with Crippen molar-refractivity contribution < 1.29 is 4.42 Å². The summed E-state index contributed by atoms with van der Waals surface area (Å²) in [6.07, 6.45) is 0. The summed E-state index contributed by atoms with van der Waals surface area (Å²) in [5.74, 6) is 0.688. The lowest BCUT2D eigenvalue weighted by molar-refractivity contribution is 0.669. The lowest BCUT2D eigenvalue weighted by Crippen LogP contribution is -1.98. The molecule has 0 aliphatic rings. The fraction of sp³-hybridized carbons (Fsp3) is 0. The minimum Gasteiger partial charge on any atom is -0.456 e. The highest BCUT2D eigenvalue weighted by Crippen LogP contribution is 2.44. The Morgan fingerprint density at radius 1 is 0.364 bits per heavy atom. The third-order valence-electron chi connectivity index (χ3n) is 11.1.